The first kappa shape index (κ1) is 20.4. The lowest BCUT2D eigenvalue weighted by Crippen LogP contribution is -2.25. The fourth-order valence-electron chi connectivity index (χ4n) is 3.57. The standard InChI is InChI=1S/C22H30FN3O2/c1-16-14-19(26(2)25-16)22(27)24-15-18-11-7-12-20(21(18)23)28-13-5-3-4-8-17-9-6-10-17/h7,11-12,14,17H,3-6,8-10,13,15H2,1-2H3,(H,24,27). The molecule has 0 bridgehead atoms. The van der Waals surface area contributed by atoms with Crippen LogP contribution in [0.15, 0.2) is 24.3 Å². The van der Waals surface area contributed by atoms with Gasteiger partial charge >= 0.3 is 0 Å². The van der Waals surface area contributed by atoms with Crippen molar-refractivity contribution in [2.75, 3.05) is 6.61 Å². The Labute approximate surface area is 166 Å². The molecule has 1 aliphatic rings. The van der Waals surface area contributed by atoms with E-state index in [9.17, 15) is 9.18 Å². The number of hydrogen-bond donors (Lipinski definition) is 1. The number of unbranched alkanes of at least 4 members (excludes halogenated alkanes) is 2. The molecule has 6 heteroatoms. The van der Waals surface area contributed by atoms with Crippen molar-refractivity contribution in [1.29, 1.82) is 0 Å². The van der Waals surface area contributed by atoms with Gasteiger partial charge in [0.05, 0.1) is 12.3 Å². The highest BCUT2D eigenvalue weighted by molar-refractivity contribution is 5.92. The lowest BCUT2D eigenvalue weighted by atomic mass is 9.82. The third kappa shape index (κ3) is 5.33. The molecule has 0 unspecified atom stereocenters. The Kier molecular flexibility index (Phi) is 7.06. The molecule has 1 heterocycles. The maximum absolute atomic E-state index is 14.6. The summed E-state index contributed by atoms with van der Waals surface area (Å²) in [6.45, 7) is 2.45. The van der Waals surface area contributed by atoms with Gasteiger partial charge in [0, 0.05) is 19.2 Å². The molecule has 1 N–H and O–H groups in total. The molecule has 0 aliphatic heterocycles. The van der Waals surface area contributed by atoms with Gasteiger partial charge in [0.15, 0.2) is 11.6 Å². The number of nitrogens with one attached hydrogen (secondary N) is 1. The van der Waals surface area contributed by atoms with Crippen LogP contribution in [-0.4, -0.2) is 22.3 Å². The van der Waals surface area contributed by atoms with Crippen molar-refractivity contribution in [3.05, 3.63) is 47.0 Å². The van der Waals surface area contributed by atoms with Crippen LogP contribution in [0, 0.1) is 18.7 Å². The van der Waals surface area contributed by atoms with Gasteiger partial charge in [-0.15, -0.1) is 0 Å². The highest BCUT2D eigenvalue weighted by atomic mass is 19.1. The Hall–Kier alpha value is -2.37. The SMILES string of the molecule is Cc1cc(C(=O)NCc2cccc(OCCCCCC3CCC3)c2F)n(C)n1. The van der Waals surface area contributed by atoms with Crippen LogP contribution in [0.2, 0.25) is 0 Å². The van der Waals surface area contributed by atoms with E-state index >= 15 is 0 Å². The number of carbonyl (C=O) groups is 1. The molecule has 1 fully saturated rings. The highest BCUT2D eigenvalue weighted by Crippen LogP contribution is 2.31. The van der Waals surface area contributed by atoms with E-state index in [1.54, 1.807) is 31.3 Å². The Morgan fingerprint density at radius 3 is 2.82 bits per heavy atom. The molecule has 0 atom stereocenters. The van der Waals surface area contributed by atoms with Gasteiger partial charge in [0.25, 0.3) is 5.91 Å². The largest absolute Gasteiger partial charge is 0.491 e. The predicted octanol–water partition coefficient (Wildman–Crippen LogP) is 4.54. The van der Waals surface area contributed by atoms with Crippen molar-refractivity contribution in [2.45, 2.75) is 58.4 Å². The van der Waals surface area contributed by atoms with Crippen LogP contribution in [0.5, 0.6) is 5.75 Å². The molecule has 0 radical (unpaired) electrons. The van der Waals surface area contributed by atoms with Crippen molar-refractivity contribution < 1.29 is 13.9 Å². The number of aryl methyl sites for hydroxylation is 2. The minimum atomic E-state index is -0.404. The molecule has 28 heavy (non-hydrogen) atoms. The molecule has 1 aromatic heterocycles. The molecule has 152 valence electrons. The number of nitrogens with zero attached hydrogens (tertiary/aromatic N) is 2. The van der Waals surface area contributed by atoms with E-state index in [1.165, 1.54) is 36.8 Å². The second-order valence-corrected chi connectivity index (χ2v) is 7.70. The average molecular weight is 387 g/mol. The van der Waals surface area contributed by atoms with Crippen molar-refractivity contribution in [3.8, 4) is 5.75 Å². The Morgan fingerprint density at radius 2 is 2.14 bits per heavy atom. The van der Waals surface area contributed by atoms with Crippen molar-refractivity contribution in [1.82, 2.24) is 15.1 Å². The summed E-state index contributed by atoms with van der Waals surface area (Å²) in [4.78, 5) is 12.3. The lowest BCUT2D eigenvalue weighted by Gasteiger charge is -2.24. The summed E-state index contributed by atoms with van der Waals surface area (Å²) in [6, 6.07) is 6.76. The number of halogens is 1. The molecule has 5 nitrogen and oxygen atoms in total. The molecule has 1 amide bonds. The maximum atomic E-state index is 14.6. The number of ether oxygens (including phenoxy) is 1. The number of amides is 1. The van der Waals surface area contributed by atoms with Crippen LogP contribution in [0.4, 0.5) is 4.39 Å². The van der Waals surface area contributed by atoms with Gasteiger partial charge in [-0.05, 0) is 31.4 Å². The van der Waals surface area contributed by atoms with E-state index in [4.69, 9.17) is 4.74 Å². The number of carbonyl (C=O) groups excluding carboxylic acids is 1. The smallest absolute Gasteiger partial charge is 0.269 e. The monoisotopic (exact) mass is 387 g/mol. The third-order valence-electron chi connectivity index (χ3n) is 5.46. The summed E-state index contributed by atoms with van der Waals surface area (Å²) in [5.74, 6) is 0.515. The van der Waals surface area contributed by atoms with E-state index in [-0.39, 0.29) is 18.2 Å². The zero-order chi connectivity index (χ0) is 19.9. The first-order chi connectivity index (χ1) is 13.5. The average Bonchev–Trinajstić information content (AvgIpc) is 2.97. The fraction of sp³-hybridized carbons (Fsp3) is 0.545. The molecule has 1 saturated carbocycles. The van der Waals surface area contributed by atoms with Crippen LogP contribution in [0.25, 0.3) is 0 Å². The first-order valence-corrected chi connectivity index (χ1v) is 10.2. The van der Waals surface area contributed by atoms with Crippen LogP contribution >= 0.6 is 0 Å². The van der Waals surface area contributed by atoms with Crippen LogP contribution in [0.1, 0.15) is 66.7 Å². The highest BCUT2D eigenvalue weighted by Gasteiger charge is 2.16. The summed E-state index contributed by atoms with van der Waals surface area (Å²) in [7, 11) is 1.71. The van der Waals surface area contributed by atoms with Gasteiger partial charge in [-0.2, -0.15) is 5.10 Å². The van der Waals surface area contributed by atoms with Gasteiger partial charge in [0.2, 0.25) is 0 Å². The summed E-state index contributed by atoms with van der Waals surface area (Å²) in [5.41, 5.74) is 1.63. The Morgan fingerprint density at radius 1 is 1.32 bits per heavy atom. The van der Waals surface area contributed by atoms with Gasteiger partial charge in [-0.3, -0.25) is 9.48 Å². The number of benzene rings is 1. The molecule has 0 spiro atoms. The van der Waals surface area contributed by atoms with Crippen molar-refractivity contribution in [3.63, 3.8) is 0 Å². The summed E-state index contributed by atoms with van der Waals surface area (Å²) in [5, 5.41) is 6.90. The quantitative estimate of drug-likeness (QED) is 0.609. The van der Waals surface area contributed by atoms with Crippen LogP contribution in [0.3, 0.4) is 0 Å². The predicted molar refractivity (Wildman–Crippen MR) is 107 cm³/mol. The second-order valence-electron chi connectivity index (χ2n) is 7.70. The van der Waals surface area contributed by atoms with E-state index in [1.807, 2.05) is 6.92 Å². The van der Waals surface area contributed by atoms with Gasteiger partial charge in [-0.1, -0.05) is 50.7 Å². The topological polar surface area (TPSA) is 56.1 Å². The van der Waals surface area contributed by atoms with Crippen LogP contribution in [-0.2, 0) is 13.6 Å². The fourth-order valence-corrected chi connectivity index (χ4v) is 3.57. The molecule has 3 rings (SSSR count). The molecule has 1 aromatic carbocycles. The Bertz CT molecular complexity index is 799. The van der Waals surface area contributed by atoms with Crippen molar-refractivity contribution in [2.24, 2.45) is 13.0 Å². The van der Waals surface area contributed by atoms with Gasteiger partial charge < -0.3 is 10.1 Å². The summed E-state index contributed by atoms with van der Waals surface area (Å²) >= 11 is 0. The minimum Gasteiger partial charge on any atom is -0.491 e. The van der Waals surface area contributed by atoms with Crippen molar-refractivity contribution >= 4 is 5.91 Å². The number of aromatic nitrogens is 2. The van der Waals surface area contributed by atoms with E-state index in [0.29, 0.717) is 17.9 Å². The zero-order valence-electron chi connectivity index (χ0n) is 16.8. The maximum Gasteiger partial charge on any atom is 0.269 e. The van der Waals surface area contributed by atoms with E-state index in [0.717, 1.165) is 24.5 Å². The summed E-state index contributed by atoms with van der Waals surface area (Å²) in [6.07, 6.45) is 8.79. The normalized spacial score (nSPS) is 14.0. The minimum absolute atomic E-state index is 0.105. The Balaban J connectivity index is 1.44. The number of rotatable bonds is 10. The zero-order valence-corrected chi connectivity index (χ0v) is 16.8. The third-order valence-corrected chi connectivity index (χ3v) is 5.46. The molecular formula is C22H30FN3O2. The molecule has 2 aromatic rings. The molecule has 0 saturated heterocycles. The second kappa shape index (κ2) is 9.71. The van der Waals surface area contributed by atoms with E-state index in [2.05, 4.69) is 10.4 Å². The lowest BCUT2D eigenvalue weighted by molar-refractivity contribution is 0.0941. The van der Waals surface area contributed by atoms with Gasteiger partial charge in [0.1, 0.15) is 5.69 Å². The molecular weight excluding hydrogens is 357 g/mol. The summed E-state index contributed by atoms with van der Waals surface area (Å²) < 4.78 is 21.8. The van der Waals surface area contributed by atoms with E-state index < -0.39 is 5.82 Å². The van der Waals surface area contributed by atoms with Gasteiger partial charge in [-0.25, -0.2) is 4.39 Å². The molecule has 1 aliphatic carbocycles. The number of hydrogen-bond acceptors (Lipinski definition) is 3. The first-order valence-electron chi connectivity index (χ1n) is 10.2. The van der Waals surface area contributed by atoms with Crippen LogP contribution < -0.4 is 10.1 Å².